The van der Waals surface area contributed by atoms with E-state index in [0.29, 0.717) is 0 Å². The molecule has 0 N–H and O–H groups in total. The predicted octanol–water partition coefficient (Wildman–Crippen LogP) is 7.88. The maximum Gasteiger partial charge on any atom is 0.0964 e. The topological polar surface area (TPSA) is 51.6 Å². The number of hydrogen-bond donors (Lipinski definition) is 0. The van der Waals surface area contributed by atoms with Crippen LogP contribution in [0.3, 0.4) is 0 Å². The Labute approximate surface area is 241 Å². The minimum atomic E-state index is 0. The summed E-state index contributed by atoms with van der Waals surface area (Å²) in [6, 6.07) is 45.8. The van der Waals surface area contributed by atoms with Crippen molar-refractivity contribution in [1.82, 2.24) is 19.9 Å². The van der Waals surface area contributed by atoms with E-state index in [-0.39, 0.29) is 20.1 Å². The third-order valence-electron chi connectivity index (χ3n) is 5.64. The van der Waals surface area contributed by atoms with Crippen molar-refractivity contribution in [3.8, 4) is 22.5 Å². The minimum Gasteiger partial charge on any atom is -0.305 e. The molecule has 191 valence electrons. The van der Waals surface area contributed by atoms with Gasteiger partial charge in [0.1, 0.15) is 0 Å². The molecular formula is C34H24IrN4-2. The van der Waals surface area contributed by atoms with Crippen LogP contribution in [-0.2, 0) is 20.1 Å². The summed E-state index contributed by atoms with van der Waals surface area (Å²) in [5, 5.41) is 2.28. The standard InChI is InChI=1S/C12H8N2.2C11H8N.Ir/c1-3-9-5-6-10-4-2-8-14-12(10)11(9)13-7-1;2*1-2-6-10(7-3-1)11-8-4-5-9-12-11;/h1-8H;2*1-6,8-9H;/q;2*-1;. The summed E-state index contributed by atoms with van der Waals surface area (Å²) in [5.41, 5.74) is 5.98. The molecule has 1 radical (unpaired) electrons. The Morgan fingerprint density at radius 3 is 1.21 bits per heavy atom. The van der Waals surface area contributed by atoms with Crippen molar-refractivity contribution in [1.29, 1.82) is 0 Å². The fourth-order valence-electron chi connectivity index (χ4n) is 3.83. The normalized spacial score (nSPS) is 9.85. The molecular weight excluding hydrogens is 657 g/mol. The van der Waals surface area contributed by atoms with Gasteiger partial charge >= 0.3 is 0 Å². The van der Waals surface area contributed by atoms with Gasteiger partial charge in [0.2, 0.25) is 0 Å². The second-order valence-electron chi connectivity index (χ2n) is 8.20. The van der Waals surface area contributed by atoms with Crippen LogP contribution in [0.15, 0.2) is 146 Å². The summed E-state index contributed by atoms with van der Waals surface area (Å²) in [7, 11) is 0. The van der Waals surface area contributed by atoms with Crippen LogP contribution in [-0.4, -0.2) is 19.9 Å². The summed E-state index contributed by atoms with van der Waals surface area (Å²) in [6.45, 7) is 0. The molecule has 0 saturated carbocycles. The zero-order valence-corrected chi connectivity index (χ0v) is 23.4. The van der Waals surface area contributed by atoms with Crippen molar-refractivity contribution in [2.75, 3.05) is 0 Å². The van der Waals surface area contributed by atoms with Crippen LogP contribution >= 0.6 is 0 Å². The fourth-order valence-corrected chi connectivity index (χ4v) is 3.83. The van der Waals surface area contributed by atoms with Gasteiger partial charge in [-0.1, -0.05) is 48.5 Å². The average Bonchev–Trinajstić information content (AvgIpc) is 3.03. The molecule has 0 fully saturated rings. The number of aromatic nitrogens is 4. The molecule has 39 heavy (non-hydrogen) atoms. The third kappa shape index (κ3) is 7.48. The van der Waals surface area contributed by atoms with Gasteiger partial charge in [0, 0.05) is 55.7 Å². The van der Waals surface area contributed by atoms with Gasteiger partial charge in [-0.2, -0.15) is 0 Å². The molecule has 0 saturated heterocycles. The van der Waals surface area contributed by atoms with Crippen LogP contribution in [0.5, 0.6) is 0 Å². The second kappa shape index (κ2) is 14.4. The summed E-state index contributed by atoms with van der Waals surface area (Å²) in [5.74, 6) is 0. The van der Waals surface area contributed by atoms with Crippen LogP contribution in [0.1, 0.15) is 0 Å². The van der Waals surface area contributed by atoms with Gasteiger partial charge in [0.05, 0.1) is 11.0 Å². The van der Waals surface area contributed by atoms with Crippen molar-refractivity contribution < 1.29 is 20.1 Å². The number of rotatable bonds is 2. The Morgan fingerprint density at radius 1 is 0.385 bits per heavy atom. The molecule has 0 spiro atoms. The third-order valence-corrected chi connectivity index (χ3v) is 5.64. The molecule has 5 heteroatoms. The first kappa shape index (κ1) is 27.5. The Kier molecular flexibility index (Phi) is 10.1. The average molecular weight is 681 g/mol. The summed E-state index contributed by atoms with van der Waals surface area (Å²) < 4.78 is 0. The Morgan fingerprint density at radius 2 is 0.821 bits per heavy atom. The first-order chi connectivity index (χ1) is 18.9. The molecule has 7 rings (SSSR count). The van der Waals surface area contributed by atoms with E-state index < -0.39 is 0 Å². The van der Waals surface area contributed by atoms with E-state index in [2.05, 4.69) is 56.3 Å². The smallest absolute Gasteiger partial charge is 0.0964 e. The zero-order chi connectivity index (χ0) is 25.8. The largest absolute Gasteiger partial charge is 0.305 e. The van der Waals surface area contributed by atoms with Gasteiger partial charge in [0.15, 0.2) is 0 Å². The van der Waals surface area contributed by atoms with E-state index >= 15 is 0 Å². The van der Waals surface area contributed by atoms with Crippen molar-refractivity contribution in [2.24, 2.45) is 0 Å². The summed E-state index contributed by atoms with van der Waals surface area (Å²) >= 11 is 0. The van der Waals surface area contributed by atoms with E-state index in [4.69, 9.17) is 0 Å². The van der Waals surface area contributed by atoms with Crippen molar-refractivity contribution in [2.45, 2.75) is 0 Å². The van der Waals surface area contributed by atoms with E-state index in [0.717, 1.165) is 44.3 Å². The number of hydrogen-bond acceptors (Lipinski definition) is 4. The molecule has 0 bridgehead atoms. The molecule has 0 unspecified atom stereocenters. The van der Waals surface area contributed by atoms with Gasteiger partial charge in [-0.15, -0.1) is 71.8 Å². The monoisotopic (exact) mass is 681 g/mol. The maximum atomic E-state index is 4.35. The zero-order valence-electron chi connectivity index (χ0n) is 21.0. The summed E-state index contributed by atoms with van der Waals surface area (Å²) in [6.07, 6.45) is 7.18. The molecule has 0 amide bonds. The second-order valence-corrected chi connectivity index (χ2v) is 8.20. The van der Waals surface area contributed by atoms with Crippen LogP contribution < -0.4 is 0 Å². The Bertz CT molecular complexity index is 1490. The van der Waals surface area contributed by atoms with Crippen LogP contribution in [0.25, 0.3) is 44.3 Å². The number of fused-ring (bicyclic) bond motifs is 3. The molecule has 7 aromatic rings. The molecule has 4 aromatic heterocycles. The van der Waals surface area contributed by atoms with Crippen molar-refractivity contribution in [3.63, 3.8) is 0 Å². The Hall–Kier alpha value is -4.57. The maximum absolute atomic E-state index is 4.35. The fraction of sp³-hybridized carbons (Fsp3) is 0. The Balaban J connectivity index is 0.000000135. The van der Waals surface area contributed by atoms with Crippen LogP contribution in [0.4, 0.5) is 0 Å². The van der Waals surface area contributed by atoms with Gasteiger partial charge < -0.3 is 9.97 Å². The molecule has 0 aliphatic carbocycles. The first-order valence-electron chi connectivity index (χ1n) is 12.2. The van der Waals surface area contributed by atoms with E-state index in [9.17, 15) is 0 Å². The van der Waals surface area contributed by atoms with Gasteiger partial charge in [-0.3, -0.25) is 9.97 Å². The molecule has 0 aliphatic rings. The molecule has 0 aliphatic heterocycles. The number of benzene rings is 3. The minimum absolute atomic E-state index is 0. The van der Waals surface area contributed by atoms with Crippen LogP contribution in [0, 0.1) is 12.1 Å². The predicted molar refractivity (Wildman–Crippen MR) is 154 cm³/mol. The molecule has 3 aromatic carbocycles. The SMILES string of the molecule is [Ir].[c-]1ccccc1-c1ccccn1.[c-]1ccccc1-c1ccccn1.c1cnc2c(c1)ccc1cccnc12. The molecule has 4 heterocycles. The van der Waals surface area contributed by atoms with Gasteiger partial charge in [0.25, 0.3) is 0 Å². The van der Waals surface area contributed by atoms with Crippen LogP contribution in [0.2, 0.25) is 0 Å². The number of nitrogens with zero attached hydrogens (tertiary/aromatic N) is 4. The van der Waals surface area contributed by atoms with E-state index in [1.54, 1.807) is 24.8 Å². The van der Waals surface area contributed by atoms with E-state index in [1.807, 2.05) is 97.1 Å². The van der Waals surface area contributed by atoms with Gasteiger partial charge in [-0.05, 0) is 35.7 Å². The van der Waals surface area contributed by atoms with Gasteiger partial charge in [-0.25, -0.2) is 0 Å². The van der Waals surface area contributed by atoms with Crippen molar-refractivity contribution >= 4 is 21.8 Å². The quantitative estimate of drug-likeness (QED) is 0.138. The first-order valence-corrected chi connectivity index (χ1v) is 12.2. The number of pyridine rings is 4. The molecule has 4 nitrogen and oxygen atoms in total. The summed E-state index contributed by atoms with van der Waals surface area (Å²) in [4.78, 5) is 17.1. The van der Waals surface area contributed by atoms with E-state index in [1.165, 1.54) is 0 Å². The molecule has 0 atom stereocenters. The van der Waals surface area contributed by atoms with Crippen molar-refractivity contribution in [3.05, 3.63) is 158 Å².